The van der Waals surface area contributed by atoms with Gasteiger partial charge in [-0.05, 0) is 17.7 Å². The summed E-state index contributed by atoms with van der Waals surface area (Å²) in [6.45, 7) is 1.25. The van der Waals surface area contributed by atoms with Crippen molar-refractivity contribution in [2.45, 2.75) is 6.54 Å². The van der Waals surface area contributed by atoms with E-state index in [1.165, 1.54) is 6.33 Å². The summed E-state index contributed by atoms with van der Waals surface area (Å²) in [6.07, 6.45) is 8.41. The molecule has 0 aliphatic rings. The van der Waals surface area contributed by atoms with Crippen molar-refractivity contribution in [1.29, 1.82) is 0 Å². The van der Waals surface area contributed by atoms with Gasteiger partial charge in [0.1, 0.15) is 12.7 Å². The van der Waals surface area contributed by atoms with Gasteiger partial charge in [-0.25, -0.2) is 9.67 Å². The summed E-state index contributed by atoms with van der Waals surface area (Å²) in [7, 11) is 0. The minimum Gasteiger partial charge on any atom is -0.374 e. The highest BCUT2D eigenvalue weighted by molar-refractivity contribution is 5.46. The second kappa shape index (κ2) is 4.99. The normalized spacial score (nSPS) is 9.69. The molecular weight excluding hydrogens is 200 g/mol. The monoisotopic (exact) mass is 212 g/mol. The van der Waals surface area contributed by atoms with E-state index < -0.39 is 0 Å². The third kappa shape index (κ3) is 2.61. The molecule has 0 aliphatic heterocycles. The lowest BCUT2D eigenvalue weighted by atomic mass is 10.2. The van der Waals surface area contributed by atoms with E-state index in [1.54, 1.807) is 11.0 Å². The first-order chi connectivity index (χ1) is 7.88. The molecule has 0 fully saturated rings. The quantitative estimate of drug-likeness (QED) is 0.778. The summed E-state index contributed by atoms with van der Waals surface area (Å²) in [5.74, 6) is 2.54. The van der Waals surface area contributed by atoms with Crippen LogP contribution >= 0.6 is 0 Å². The Balaban J connectivity index is 2.07. The highest BCUT2D eigenvalue weighted by Gasteiger charge is 1.97. The zero-order valence-electron chi connectivity index (χ0n) is 8.80. The number of rotatable bonds is 4. The summed E-state index contributed by atoms with van der Waals surface area (Å²) in [4.78, 5) is 3.90. The van der Waals surface area contributed by atoms with Crippen molar-refractivity contribution >= 4 is 5.69 Å². The molecule has 0 aliphatic carbocycles. The van der Waals surface area contributed by atoms with Crippen molar-refractivity contribution in [2.24, 2.45) is 0 Å². The number of hydrogen-bond donors (Lipinski definition) is 1. The number of anilines is 1. The third-order valence-corrected chi connectivity index (χ3v) is 2.13. The van der Waals surface area contributed by atoms with Gasteiger partial charge in [-0.1, -0.05) is 18.1 Å². The molecule has 1 aromatic carbocycles. The lowest BCUT2D eigenvalue weighted by molar-refractivity contribution is 0.685. The molecule has 0 atom stereocenters. The summed E-state index contributed by atoms with van der Waals surface area (Å²) in [5.41, 5.74) is 2.18. The molecule has 4 nitrogen and oxygen atoms in total. The lowest BCUT2D eigenvalue weighted by Gasteiger charge is -2.05. The van der Waals surface area contributed by atoms with Crippen LogP contribution in [0.25, 0.3) is 0 Å². The van der Waals surface area contributed by atoms with Gasteiger partial charge in [0.15, 0.2) is 0 Å². The Bertz CT molecular complexity index is 482. The van der Waals surface area contributed by atoms with Crippen LogP contribution in [0, 0.1) is 12.3 Å². The summed E-state index contributed by atoms with van der Waals surface area (Å²) in [5, 5.41) is 7.19. The van der Waals surface area contributed by atoms with Gasteiger partial charge in [0.05, 0.1) is 13.1 Å². The second-order valence-electron chi connectivity index (χ2n) is 3.35. The summed E-state index contributed by atoms with van der Waals surface area (Å²) < 4.78 is 1.78. The molecule has 0 saturated carbocycles. The van der Waals surface area contributed by atoms with Crippen LogP contribution in [0.4, 0.5) is 5.69 Å². The van der Waals surface area contributed by atoms with Crippen molar-refractivity contribution in [3.05, 3.63) is 42.5 Å². The minimum atomic E-state index is 0.535. The van der Waals surface area contributed by atoms with E-state index in [0.29, 0.717) is 13.1 Å². The van der Waals surface area contributed by atoms with Crippen molar-refractivity contribution in [3.63, 3.8) is 0 Å². The number of benzene rings is 1. The number of terminal acetylenes is 1. The second-order valence-corrected chi connectivity index (χ2v) is 3.35. The van der Waals surface area contributed by atoms with Gasteiger partial charge in [0.25, 0.3) is 0 Å². The molecular formula is C12H12N4. The first kappa shape index (κ1) is 10.2. The predicted octanol–water partition coefficient (Wildman–Crippen LogP) is 1.37. The SMILES string of the molecule is C#CCNc1cccc(Cn2cncn2)c1. The van der Waals surface area contributed by atoms with Crippen LogP contribution in [-0.2, 0) is 6.54 Å². The standard InChI is InChI=1S/C12H12N4/c1-2-6-14-12-5-3-4-11(7-12)8-16-10-13-9-15-16/h1,3-5,7,9-10,14H,6,8H2. The number of nitrogens with zero attached hydrogens (tertiary/aromatic N) is 3. The fraction of sp³-hybridized carbons (Fsp3) is 0.167. The molecule has 1 aromatic heterocycles. The number of aromatic nitrogens is 3. The molecule has 2 rings (SSSR count). The number of nitrogens with one attached hydrogen (secondary N) is 1. The molecule has 0 saturated heterocycles. The summed E-state index contributed by atoms with van der Waals surface area (Å²) >= 11 is 0. The molecule has 0 bridgehead atoms. The third-order valence-electron chi connectivity index (χ3n) is 2.13. The van der Waals surface area contributed by atoms with Gasteiger partial charge in [-0.3, -0.25) is 0 Å². The van der Waals surface area contributed by atoms with E-state index in [9.17, 15) is 0 Å². The van der Waals surface area contributed by atoms with E-state index in [-0.39, 0.29) is 0 Å². The van der Waals surface area contributed by atoms with Crippen molar-refractivity contribution in [1.82, 2.24) is 14.8 Å². The van der Waals surface area contributed by atoms with Gasteiger partial charge in [-0.2, -0.15) is 5.10 Å². The summed E-state index contributed by atoms with van der Waals surface area (Å²) in [6, 6.07) is 8.08. The molecule has 0 radical (unpaired) electrons. The predicted molar refractivity (Wildman–Crippen MR) is 62.9 cm³/mol. The van der Waals surface area contributed by atoms with Gasteiger partial charge in [0, 0.05) is 5.69 Å². The average Bonchev–Trinajstić information content (AvgIpc) is 2.80. The van der Waals surface area contributed by atoms with Gasteiger partial charge < -0.3 is 5.32 Å². The van der Waals surface area contributed by atoms with Crippen molar-refractivity contribution < 1.29 is 0 Å². The Morgan fingerprint density at radius 2 is 2.38 bits per heavy atom. The van der Waals surface area contributed by atoms with Crippen LogP contribution in [0.3, 0.4) is 0 Å². The fourth-order valence-corrected chi connectivity index (χ4v) is 1.43. The topological polar surface area (TPSA) is 42.7 Å². The molecule has 1 heterocycles. The van der Waals surface area contributed by atoms with Crippen LogP contribution < -0.4 is 5.32 Å². The van der Waals surface area contributed by atoms with E-state index in [1.807, 2.05) is 18.2 Å². The van der Waals surface area contributed by atoms with E-state index in [4.69, 9.17) is 6.42 Å². The highest BCUT2D eigenvalue weighted by Crippen LogP contribution is 2.10. The maximum Gasteiger partial charge on any atom is 0.137 e. The van der Waals surface area contributed by atoms with Crippen LogP contribution in [0.2, 0.25) is 0 Å². The maximum absolute atomic E-state index is 5.19. The Labute approximate surface area is 94.3 Å². The molecule has 4 heteroatoms. The zero-order chi connectivity index (χ0) is 11.2. The van der Waals surface area contributed by atoms with E-state index in [2.05, 4.69) is 27.4 Å². The molecule has 2 aromatic rings. The molecule has 16 heavy (non-hydrogen) atoms. The first-order valence-electron chi connectivity index (χ1n) is 4.97. The van der Waals surface area contributed by atoms with Crippen LogP contribution in [0.5, 0.6) is 0 Å². The van der Waals surface area contributed by atoms with Crippen LogP contribution in [-0.4, -0.2) is 21.3 Å². The van der Waals surface area contributed by atoms with Crippen LogP contribution in [0.1, 0.15) is 5.56 Å². The van der Waals surface area contributed by atoms with Gasteiger partial charge in [-0.15, -0.1) is 6.42 Å². The Kier molecular flexibility index (Phi) is 3.19. The van der Waals surface area contributed by atoms with Crippen molar-refractivity contribution in [3.8, 4) is 12.3 Å². The molecule has 0 amide bonds. The fourth-order valence-electron chi connectivity index (χ4n) is 1.43. The molecule has 0 spiro atoms. The first-order valence-corrected chi connectivity index (χ1v) is 4.97. The average molecular weight is 212 g/mol. The Morgan fingerprint density at radius 3 is 3.12 bits per heavy atom. The van der Waals surface area contributed by atoms with Crippen molar-refractivity contribution in [2.75, 3.05) is 11.9 Å². The highest BCUT2D eigenvalue weighted by atomic mass is 15.3. The zero-order valence-corrected chi connectivity index (χ0v) is 8.80. The van der Waals surface area contributed by atoms with E-state index in [0.717, 1.165) is 11.3 Å². The molecule has 0 unspecified atom stereocenters. The van der Waals surface area contributed by atoms with Gasteiger partial charge >= 0.3 is 0 Å². The smallest absolute Gasteiger partial charge is 0.137 e. The maximum atomic E-state index is 5.19. The Morgan fingerprint density at radius 1 is 1.44 bits per heavy atom. The number of hydrogen-bond acceptors (Lipinski definition) is 3. The Hall–Kier alpha value is -2.28. The largest absolute Gasteiger partial charge is 0.374 e. The molecule has 80 valence electrons. The van der Waals surface area contributed by atoms with E-state index >= 15 is 0 Å². The lowest BCUT2D eigenvalue weighted by Crippen LogP contribution is -2.02. The van der Waals surface area contributed by atoms with Crippen LogP contribution in [0.15, 0.2) is 36.9 Å². The minimum absolute atomic E-state index is 0.535. The molecule has 1 N–H and O–H groups in total. The van der Waals surface area contributed by atoms with Gasteiger partial charge in [0.2, 0.25) is 0 Å².